The van der Waals surface area contributed by atoms with Crippen LogP contribution in [0.1, 0.15) is 50.0 Å². The summed E-state index contributed by atoms with van der Waals surface area (Å²) in [5.41, 5.74) is 1.27. The summed E-state index contributed by atoms with van der Waals surface area (Å²) >= 11 is 0. The minimum Gasteiger partial charge on any atom is -0.348 e. The second kappa shape index (κ2) is 4.35. The van der Waals surface area contributed by atoms with Gasteiger partial charge in [0.15, 0.2) is 0 Å². The van der Waals surface area contributed by atoms with E-state index < -0.39 is 0 Å². The highest BCUT2D eigenvalue weighted by molar-refractivity contribution is 5.10. The van der Waals surface area contributed by atoms with E-state index in [4.69, 9.17) is 0 Å². The normalized spacial score (nSPS) is 20.0. The van der Waals surface area contributed by atoms with Crippen molar-refractivity contribution in [3.63, 3.8) is 0 Å². The average Bonchev–Trinajstić information content (AvgIpc) is 2.68. The van der Waals surface area contributed by atoms with E-state index in [2.05, 4.69) is 42.0 Å². The average molecular weight is 207 g/mol. The first-order valence-corrected chi connectivity index (χ1v) is 5.90. The van der Waals surface area contributed by atoms with Crippen molar-refractivity contribution in [1.29, 1.82) is 0 Å². The van der Waals surface area contributed by atoms with Crippen molar-refractivity contribution in [2.75, 3.05) is 20.1 Å². The number of H-pyrrole nitrogens is 1. The summed E-state index contributed by atoms with van der Waals surface area (Å²) in [6, 6.07) is 0. The molecule has 0 spiro atoms. The molecule has 0 aliphatic carbocycles. The van der Waals surface area contributed by atoms with Gasteiger partial charge in [-0.2, -0.15) is 0 Å². The topological polar surface area (TPSA) is 31.9 Å². The molecule has 1 aromatic heterocycles. The fraction of sp³-hybridized carbons (Fsp3) is 0.750. The van der Waals surface area contributed by atoms with Gasteiger partial charge in [-0.25, -0.2) is 4.98 Å². The predicted octanol–water partition coefficient (Wildman–Crippen LogP) is 2.34. The molecule has 15 heavy (non-hydrogen) atoms. The molecule has 3 heteroatoms. The predicted molar refractivity (Wildman–Crippen MR) is 62.1 cm³/mol. The zero-order chi connectivity index (χ0) is 10.8. The number of likely N-dealkylation sites (tertiary alicyclic amines) is 1. The number of aromatic amines is 1. The van der Waals surface area contributed by atoms with E-state index in [1.54, 1.807) is 0 Å². The van der Waals surface area contributed by atoms with E-state index in [9.17, 15) is 0 Å². The second-order valence-electron chi connectivity index (χ2n) is 4.94. The number of nitrogens with one attached hydrogen (secondary N) is 1. The Morgan fingerprint density at radius 3 is 2.60 bits per heavy atom. The highest BCUT2D eigenvalue weighted by atomic mass is 15.1. The quantitative estimate of drug-likeness (QED) is 0.807. The van der Waals surface area contributed by atoms with Crippen molar-refractivity contribution in [2.24, 2.45) is 0 Å². The summed E-state index contributed by atoms with van der Waals surface area (Å²) in [6.07, 6.45) is 4.60. The van der Waals surface area contributed by atoms with Gasteiger partial charge in [0.1, 0.15) is 5.82 Å². The van der Waals surface area contributed by atoms with Crippen LogP contribution in [0.15, 0.2) is 6.20 Å². The van der Waals surface area contributed by atoms with Gasteiger partial charge in [-0.15, -0.1) is 0 Å². The van der Waals surface area contributed by atoms with Crippen LogP contribution in [0.2, 0.25) is 0 Å². The zero-order valence-electron chi connectivity index (χ0n) is 9.95. The molecule has 2 heterocycles. The molecular weight excluding hydrogens is 186 g/mol. The summed E-state index contributed by atoms with van der Waals surface area (Å²) in [4.78, 5) is 10.4. The molecule has 1 aliphatic rings. The minimum absolute atomic E-state index is 0.505. The number of imidazole rings is 1. The highest BCUT2D eigenvalue weighted by Crippen LogP contribution is 2.26. The van der Waals surface area contributed by atoms with E-state index in [-0.39, 0.29) is 0 Å². The first kappa shape index (κ1) is 10.7. The second-order valence-corrected chi connectivity index (χ2v) is 4.94. The van der Waals surface area contributed by atoms with Crippen molar-refractivity contribution >= 4 is 0 Å². The summed E-state index contributed by atoms with van der Waals surface area (Å²) in [6.45, 7) is 6.76. The molecule has 1 saturated heterocycles. The monoisotopic (exact) mass is 207 g/mol. The van der Waals surface area contributed by atoms with Crippen LogP contribution in [0, 0.1) is 0 Å². The third-order valence-corrected chi connectivity index (χ3v) is 3.30. The van der Waals surface area contributed by atoms with E-state index in [0.717, 1.165) is 5.82 Å². The van der Waals surface area contributed by atoms with Crippen LogP contribution < -0.4 is 0 Å². The lowest BCUT2D eigenvalue weighted by atomic mass is 9.94. The van der Waals surface area contributed by atoms with Crippen molar-refractivity contribution in [2.45, 2.75) is 38.5 Å². The number of hydrogen-bond donors (Lipinski definition) is 1. The minimum atomic E-state index is 0.505. The van der Waals surface area contributed by atoms with Crippen LogP contribution in [0.5, 0.6) is 0 Å². The van der Waals surface area contributed by atoms with Gasteiger partial charge in [0, 0.05) is 18.0 Å². The van der Waals surface area contributed by atoms with E-state index in [0.29, 0.717) is 11.8 Å². The maximum absolute atomic E-state index is 4.68. The third-order valence-electron chi connectivity index (χ3n) is 3.30. The Hall–Kier alpha value is -0.830. The first-order chi connectivity index (χ1) is 7.16. The van der Waals surface area contributed by atoms with Gasteiger partial charge < -0.3 is 9.88 Å². The zero-order valence-corrected chi connectivity index (χ0v) is 9.95. The summed E-state index contributed by atoms with van der Waals surface area (Å²) in [7, 11) is 2.19. The van der Waals surface area contributed by atoms with Crippen LogP contribution in [0.4, 0.5) is 0 Å². The molecule has 3 nitrogen and oxygen atoms in total. The van der Waals surface area contributed by atoms with Gasteiger partial charge in [0.25, 0.3) is 0 Å². The number of hydrogen-bond acceptors (Lipinski definition) is 2. The lowest BCUT2D eigenvalue weighted by Crippen LogP contribution is -2.29. The van der Waals surface area contributed by atoms with Gasteiger partial charge in [-0.3, -0.25) is 0 Å². The summed E-state index contributed by atoms with van der Waals surface area (Å²) in [5.74, 6) is 2.30. The molecule has 1 N–H and O–H groups in total. The van der Waals surface area contributed by atoms with E-state index in [1.165, 1.54) is 31.6 Å². The molecule has 0 aromatic carbocycles. The Morgan fingerprint density at radius 1 is 1.40 bits per heavy atom. The smallest absolute Gasteiger partial charge is 0.108 e. The van der Waals surface area contributed by atoms with Crippen LogP contribution in [0.3, 0.4) is 0 Å². The van der Waals surface area contributed by atoms with Crippen molar-refractivity contribution < 1.29 is 0 Å². The molecule has 84 valence electrons. The molecule has 1 fully saturated rings. The number of aromatic nitrogens is 2. The molecule has 0 radical (unpaired) electrons. The fourth-order valence-corrected chi connectivity index (χ4v) is 2.16. The Balaban J connectivity index is 2.03. The molecule has 0 amide bonds. The number of nitrogens with zero attached hydrogens (tertiary/aromatic N) is 2. The summed E-state index contributed by atoms with van der Waals surface area (Å²) in [5, 5.41) is 0. The Kier molecular flexibility index (Phi) is 3.10. The molecule has 0 saturated carbocycles. The van der Waals surface area contributed by atoms with Crippen LogP contribution in [0.25, 0.3) is 0 Å². The lowest BCUT2D eigenvalue weighted by molar-refractivity contribution is 0.253. The van der Waals surface area contributed by atoms with E-state index >= 15 is 0 Å². The van der Waals surface area contributed by atoms with E-state index in [1.807, 2.05) is 0 Å². The Bertz CT molecular complexity index is 308. The van der Waals surface area contributed by atoms with Crippen LogP contribution >= 0.6 is 0 Å². The molecule has 0 bridgehead atoms. The Morgan fingerprint density at radius 2 is 2.07 bits per heavy atom. The standard InChI is InChI=1S/C12H21N3/c1-9(2)12-13-8-11(14-12)10-4-6-15(3)7-5-10/h8-10H,4-7H2,1-3H3,(H,13,14). The van der Waals surface area contributed by atoms with Crippen LogP contribution in [-0.4, -0.2) is 35.0 Å². The van der Waals surface area contributed by atoms with Crippen molar-refractivity contribution in [1.82, 2.24) is 14.9 Å². The SMILES string of the molecule is CC(C)c1nc(C2CCN(C)CC2)c[nH]1. The molecular formula is C12H21N3. The van der Waals surface area contributed by atoms with Gasteiger partial charge in [0.2, 0.25) is 0 Å². The molecule has 1 aromatic rings. The van der Waals surface area contributed by atoms with Gasteiger partial charge >= 0.3 is 0 Å². The van der Waals surface area contributed by atoms with Crippen LogP contribution in [-0.2, 0) is 0 Å². The molecule has 0 unspecified atom stereocenters. The number of rotatable bonds is 2. The maximum Gasteiger partial charge on any atom is 0.108 e. The Labute approximate surface area is 91.9 Å². The van der Waals surface area contributed by atoms with Crippen molar-refractivity contribution in [3.05, 3.63) is 17.7 Å². The van der Waals surface area contributed by atoms with Crippen molar-refractivity contribution in [3.8, 4) is 0 Å². The summed E-state index contributed by atoms with van der Waals surface area (Å²) < 4.78 is 0. The van der Waals surface area contributed by atoms with Gasteiger partial charge in [-0.1, -0.05) is 13.8 Å². The lowest BCUT2D eigenvalue weighted by Gasteiger charge is -2.27. The fourth-order valence-electron chi connectivity index (χ4n) is 2.16. The molecule has 1 aliphatic heterocycles. The van der Waals surface area contributed by atoms with Gasteiger partial charge in [0.05, 0.1) is 5.69 Å². The molecule has 2 rings (SSSR count). The van der Waals surface area contributed by atoms with Gasteiger partial charge in [-0.05, 0) is 33.0 Å². The maximum atomic E-state index is 4.68. The third kappa shape index (κ3) is 2.40. The number of piperidine rings is 1. The first-order valence-electron chi connectivity index (χ1n) is 5.90. The highest BCUT2D eigenvalue weighted by Gasteiger charge is 2.20. The largest absolute Gasteiger partial charge is 0.348 e. The molecule has 0 atom stereocenters.